The summed E-state index contributed by atoms with van der Waals surface area (Å²) in [5, 5.41) is 9.51. The van der Waals surface area contributed by atoms with Crippen molar-refractivity contribution in [2.45, 2.75) is 45.1 Å². The molecular formula is C26H30N2O4S. The van der Waals surface area contributed by atoms with Gasteiger partial charge in [-0.2, -0.15) is 0 Å². The van der Waals surface area contributed by atoms with E-state index >= 15 is 0 Å². The van der Waals surface area contributed by atoms with Gasteiger partial charge in [0.25, 0.3) is 10.0 Å². The second kappa shape index (κ2) is 10.5. The number of rotatable bonds is 10. The molecule has 0 heterocycles. The monoisotopic (exact) mass is 466 g/mol. The molecule has 174 valence electrons. The van der Waals surface area contributed by atoms with Gasteiger partial charge in [-0.15, -0.1) is 0 Å². The van der Waals surface area contributed by atoms with E-state index < -0.39 is 16.0 Å². The first-order valence-corrected chi connectivity index (χ1v) is 12.5. The van der Waals surface area contributed by atoms with Gasteiger partial charge < -0.3 is 10.0 Å². The minimum atomic E-state index is -3.92. The quantitative estimate of drug-likeness (QED) is 0.406. The maximum absolute atomic E-state index is 13.3. The third-order valence-electron chi connectivity index (χ3n) is 5.45. The summed E-state index contributed by atoms with van der Waals surface area (Å²) in [6.45, 7) is 7.03. The molecule has 0 aliphatic carbocycles. The number of carboxylic acids is 1. The molecule has 0 atom stereocenters. The zero-order valence-electron chi connectivity index (χ0n) is 19.2. The zero-order valence-corrected chi connectivity index (χ0v) is 20.0. The Morgan fingerprint density at radius 1 is 1.00 bits per heavy atom. The molecule has 6 nitrogen and oxygen atoms in total. The molecule has 0 radical (unpaired) electrons. The highest BCUT2D eigenvalue weighted by atomic mass is 32.2. The number of sulfonamides is 1. The van der Waals surface area contributed by atoms with Crippen LogP contribution in [-0.2, 0) is 16.6 Å². The molecule has 3 aromatic carbocycles. The lowest BCUT2D eigenvalue weighted by Gasteiger charge is -2.28. The van der Waals surface area contributed by atoms with E-state index in [4.69, 9.17) is 0 Å². The van der Waals surface area contributed by atoms with E-state index in [1.807, 2.05) is 43.3 Å². The third kappa shape index (κ3) is 6.14. The number of anilines is 2. The Balaban J connectivity index is 2.06. The van der Waals surface area contributed by atoms with Crippen molar-refractivity contribution in [2.24, 2.45) is 0 Å². The Labute approximate surface area is 195 Å². The number of hydrogen-bond acceptors (Lipinski definition) is 4. The van der Waals surface area contributed by atoms with Crippen LogP contribution in [0.4, 0.5) is 11.4 Å². The topological polar surface area (TPSA) is 86.7 Å². The number of aromatic carboxylic acids is 1. The minimum Gasteiger partial charge on any atom is -0.478 e. The molecule has 0 aliphatic heterocycles. The van der Waals surface area contributed by atoms with E-state index in [2.05, 4.69) is 16.5 Å². The SMILES string of the molecule is CCCCN(Cc1ccccc1)c1ccc(C(=O)O)cc1NS(=O)(=O)c1ccc(C)cc1C. The number of benzene rings is 3. The molecule has 0 aliphatic rings. The van der Waals surface area contributed by atoms with E-state index in [-0.39, 0.29) is 16.1 Å². The van der Waals surface area contributed by atoms with Crippen LogP contribution in [0.3, 0.4) is 0 Å². The summed E-state index contributed by atoms with van der Waals surface area (Å²) in [7, 11) is -3.92. The van der Waals surface area contributed by atoms with Crippen molar-refractivity contribution in [3.8, 4) is 0 Å². The largest absolute Gasteiger partial charge is 0.478 e. The summed E-state index contributed by atoms with van der Waals surface area (Å²) in [5.74, 6) is -1.11. The molecule has 33 heavy (non-hydrogen) atoms. The Hall–Kier alpha value is -3.32. The second-order valence-corrected chi connectivity index (χ2v) is 9.82. The van der Waals surface area contributed by atoms with Crippen LogP contribution in [0.5, 0.6) is 0 Å². The molecular weight excluding hydrogens is 436 g/mol. The molecule has 0 bridgehead atoms. The van der Waals surface area contributed by atoms with E-state index in [9.17, 15) is 18.3 Å². The Morgan fingerprint density at radius 2 is 1.73 bits per heavy atom. The average Bonchev–Trinajstić information content (AvgIpc) is 2.76. The lowest BCUT2D eigenvalue weighted by Crippen LogP contribution is -2.26. The highest BCUT2D eigenvalue weighted by Gasteiger charge is 2.22. The molecule has 7 heteroatoms. The number of nitrogens with zero attached hydrogens (tertiary/aromatic N) is 1. The maximum Gasteiger partial charge on any atom is 0.335 e. The minimum absolute atomic E-state index is 0.0206. The molecule has 0 aromatic heterocycles. The predicted molar refractivity (Wildman–Crippen MR) is 133 cm³/mol. The Bertz CT molecular complexity index is 1220. The molecule has 3 rings (SSSR count). The zero-order chi connectivity index (χ0) is 24.0. The summed E-state index contributed by atoms with van der Waals surface area (Å²) in [5.41, 5.74) is 3.60. The van der Waals surface area contributed by atoms with E-state index in [0.29, 0.717) is 24.3 Å². The van der Waals surface area contributed by atoms with Crippen LogP contribution in [0.25, 0.3) is 0 Å². The number of unbranched alkanes of at least 4 members (excludes halogenated alkanes) is 1. The fourth-order valence-corrected chi connectivity index (χ4v) is 5.06. The van der Waals surface area contributed by atoms with Gasteiger partial charge >= 0.3 is 5.97 Å². The first-order chi connectivity index (χ1) is 15.7. The van der Waals surface area contributed by atoms with Crippen molar-refractivity contribution in [3.05, 3.63) is 89.0 Å². The molecule has 0 saturated heterocycles. The molecule has 3 aromatic rings. The first kappa shape index (κ1) is 24.3. The van der Waals surface area contributed by atoms with Gasteiger partial charge in [-0.3, -0.25) is 4.72 Å². The first-order valence-electron chi connectivity index (χ1n) is 11.0. The molecule has 2 N–H and O–H groups in total. The van der Waals surface area contributed by atoms with Crippen molar-refractivity contribution >= 4 is 27.4 Å². The van der Waals surface area contributed by atoms with Crippen LogP contribution < -0.4 is 9.62 Å². The van der Waals surface area contributed by atoms with Crippen LogP contribution >= 0.6 is 0 Å². The van der Waals surface area contributed by atoms with Gasteiger partial charge in [-0.05, 0) is 55.7 Å². The van der Waals surface area contributed by atoms with E-state index in [1.54, 1.807) is 25.1 Å². The molecule has 0 fully saturated rings. The summed E-state index contributed by atoms with van der Waals surface area (Å²) < 4.78 is 29.2. The van der Waals surface area contributed by atoms with Gasteiger partial charge in [-0.25, -0.2) is 13.2 Å². The summed E-state index contributed by atoms with van der Waals surface area (Å²) in [6, 6.07) is 19.6. The lowest BCUT2D eigenvalue weighted by molar-refractivity contribution is 0.0697. The van der Waals surface area contributed by atoms with Crippen LogP contribution in [0, 0.1) is 13.8 Å². The van der Waals surface area contributed by atoms with Gasteiger partial charge in [0, 0.05) is 13.1 Å². The average molecular weight is 467 g/mol. The van der Waals surface area contributed by atoms with Crippen molar-refractivity contribution in [1.82, 2.24) is 0 Å². The highest BCUT2D eigenvalue weighted by molar-refractivity contribution is 7.92. The standard InChI is InChI=1S/C26H30N2O4S/c1-4-5-15-28(18-21-9-7-6-8-10-21)24-13-12-22(26(29)30)17-23(24)27-33(31,32)25-14-11-19(2)16-20(25)3/h6-14,16-17,27H,4-5,15,18H2,1-3H3,(H,29,30). The van der Waals surface area contributed by atoms with Gasteiger partial charge in [0.05, 0.1) is 21.8 Å². The Kier molecular flexibility index (Phi) is 7.76. The fourth-order valence-electron chi connectivity index (χ4n) is 3.76. The van der Waals surface area contributed by atoms with Crippen molar-refractivity contribution in [1.29, 1.82) is 0 Å². The number of aryl methyl sites for hydroxylation is 2. The summed E-state index contributed by atoms with van der Waals surface area (Å²) in [4.78, 5) is 13.9. The van der Waals surface area contributed by atoms with Gasteiger partial charge in [0.15, 0.2) is 0 Å². The van der Waals surface area contributed by atoms with Gasteiger partial charge in [0.2, 0.25) is 0 Å². The van der Waals surface area contributed by atoms with E-state index in [0.717, 1.165) is 24.0 Å². The number of nitrogens with one attached hydrogen (secondary N) is 1. The number of carbonyl (C=O) groups is 1. The van der Waals surface area contributed by atoms with Crippen LogP contribution in [0.1, 0.15) is 46.8 Å². The second-order valence-electron chi connectivity index (χ2n) is 8.17. The van der Waals surface area contributed by atoms with Crippen molar-refractivity contribution < 1.29 is 18.3 Å². The van der Waals surface area contributed by atoms with E-state index in [1.165, 1.54) is 12.1 Å². The number of carboxylic acid groups (broad SMARTS) is 1. The third-order valence-corrected chi connectivity index (χ3v) is 6.97. The smallest absolute Gasteiger partial charge is 0.335 e. The van der Waals surface area contributed by atoms with Crippen LogP contribution in [-0.4, -0.2) is 26.0 Å². The lowest BCUT2D eigenvalue weighted by atomic mass is 10.1. The number of hydrogen-bond donors (Lipinski definition) is 2. The molecule has 0 unspecified atom stereocenters. The summed E-state index contributed by atoms with van der Waals surface area (Å²) >= 11 is 0. The highest BCUT2D eigenvalue weighted by Crippen LogP contribution is 2.32. The molecule has 0 spiro atoms. The predicted octanol–water partition coefficient (Wildman–Crippen LogP) is 5.61. The van der Waals surface area contributed by atoms with Crippen molar-refractivity contribution in [2.75, 3.05) is 16.2 Å². The molecule has 0 saturated carbocycles. The molecule has 0 amide bonds. The van der Waals surface area contributed by atoms with Crippen LogP contribution in [0.2, 0.25) is 0 Å². The van der Waals surface area contributed by atoms with Gasteiger partial charge in [0.1, 0.15) is 0 Å². The fraction of sp³-hybridized carbons (Fsp3) is 0.269. The maximum atomic E-state index is 13.3. The normalized spacial score (nSPS) is 11.2. The Morgan fingerprint density at radius 3 is 2.36 bits per heavy atom. The van der Waals surface area contributed by atoms with Gasteiger partial charge in [-0.1, -0.05) is 61.4 Å². The van der Waals surface area contributed by atoms with Crippen molar-refractivity contribution in [3.63, 3.8) is 0 Å². The van der Waals surface area contributed by atoms with Crippen LogP contribution in [0.15, 0.2) is 71.6 Å². The summed E-state index contributed by atoms with van der Waals surface area (Å²) in [6.07, 6.45) is 1.89.